The highest BCUT2D eigenvalue weighted by atomic mass is 16.8. The number of rotatable bonds is 6. The molecular weight excluding hydrogens is 372 g/mol. The highest BCUT2D eigenvalue weighted by Gasteiger charge is 2.59. The van der Waals surface area contributed by atoms with Crippen molar-refractivity contribution in [1.29, 1.82) is 0 Å². The van der Waals surface area contributed by atoms with Crippen molar-refractivity contribution < 1.29 is 28.4 Å². The van der Waals surface area contributed by atoms with Crippen molar-refractivity contribution >= 4 is 0 Å². The smallest absolute Gasteiger partial charge is 0.190 e. The van der Waals surface area contributed by atoms with Gasteiger partial charge in [-0.05, 0) is 53.0 Å². The van der Waals surface area contributed by atoms with Crippen LogP contribution in [0.4, 0.5) is 0 Å². The molecule has 3 aliphatic rings. The van der Waals surface area contributed by atoms with E-state index in [1.807, 2.05) is 45.9 Å². The molecule has 6 nitrogen and oxygen atoms in total. The summed E-state index contributed by atoms with van der Waals surface area (Å²) in [6.07, 6.45) is 1.08. The summed E-state index contributed by atoms with van der Waals surface area (Å²) >= 11 is 0. The van der Waals surface area contributed by atoms with Crippen LogP contribution in [0.3, 0.4) is 0 Å². The SMILES string of the molecule is CC(CC[C@H]1COC(C)(C)O[C@@H]2[C@@H]1O[C@@H]1OC(C)(C)O[C@@H]12)OCc1ccccc1. The van der Waals surface area contributed by atoms with Crippen LogP contribution >= 0.6 is 0 Å². The van der Waals surface area contributed by atoms with Crippen LogP contribution in [0.25, 0.3) is 0 Å². The van der Waals surface area contributed by atoms with Gasteiger partial charge in [0.25, 0.3) is 0 Å². The first-order chi connectivity index (χ1) is 13.7. The molecule has 3 fully saturated rings. The van der Waals surface area contributed by atoms with Crippen LogP contribution in [0, 0.1) is 5.92 Å². The van der Waals surface area contributed by atoms with E-state index in [-0.39, 0.29) is 36.6 Å². The van der Waals surface area contributed by atoms with E-state index in [1.165, 1.54) is 5.56 Å². The Morgan fingerprint density at radius 3 is 2.45 bits per heavy atom. The monoisotopic (exact) mass is 406 g/mol. The van der Waals surface area contributed by atoms with Gasteiger partial charge in [0.1, 0.15) is 12.2 Å². The Bertz CT molecular complexity index is 675. The normalized spacial score (nSPS) is 36.2. The van der Waals surface area contributed by atoms with Gasteiger partial charge in [0.15, 0.2) is 17.9 Å². The van der Waals surface area contributed by atoms with Gasteiger partial charge in [-0.15, -0.1) is 0 Å². The summed E-state index contributed by atoms with van der Waals surface area (Å²) in [7, 11) is 0. The zero-order chi connectivity index (χ0) is 20.6. The first kappa shape index (κ1) is 21.2. The minimum Gasteiger partial charge on any atom is -0.374 e. The van der Waals surface area contributed by atoms with Gasteiger partial charge < -0.3 is 28.4 Å². The van der Waals surface area contributed by atoms with Crippen molar-refractivity contribution in [2.24, 2.45) is 5.92 Å². The van der Waals surface area contributed by atoms with Gasteiger partial charge in [0, 0.05) is 5.92 Å². The highest BCUT2D eigenvalue weighted by Crippen LogP contribution is 2.44. The molecule has 3 aliphatic heterocycles. The quantitative estimate of drug-likeness (QED) is 0.711. The average Bonchev–Trinajstić information content (AvgIpc) is 3.08. The molecule has 0 saturated carbocycles. The van der Waals surface area contributed by atoms with Crippen LogP contribution in [0.2, 0.25) is 0 Å². The Labute approximate surface area is 173 Å². The molecule has 1 unspecified atom stereocenters. The van der Waals surface area contributed by atoms with E-state index < -0.39 is 11.6 Å². The maximum atomic E-state index is 6.29. The summed E-state index contributed by atoms with van der Waals surface area (Å²) in [4.78, 5) is 0. The van der Waals surface area contributed by atoms with Crippen LogP contribution in [-0.4, -0.2) is 48.9 Å². The van der Waals surface area contributed by atoms with Crippen LogP contribution in [0.1, 0.15) is 53.0 Å². The fraction of sp³-hybridized carbons (Fsp3) is 0.739. The third kappa shape index (κ3) is 5.01. The predicted molar refractivity (Wildman–Crippen MR) is 107 cm³/mol. The Hall–Kier alpha value is -1.02. The molecule has 1 aromatic carbocycles. The van der Waals surface area contributed by atoms with Crippen molar-refractivity contribution in [3.05, 3.63) is 35.9 Å². The molecule has 6 heteroatoms. The fourth-order valence-electron chi connectivity index (χ4n) is 4.37. The predicted octanol–water partition coefficient (Wildman–Crippen LogP) is 4.02. The van der Waals surface area contributed by atoms with Gasteiger partial charge in [0.2, 0.25) is 0 Å². The number of hydrogen-bond acceptors (Lipinski definition) is 6. The molecule has 29 heavy (non-hydrogen) atoms. The summed E-state index contributed by atoms with van der Waals surface area (Å²) in [5, 5.41) is 0. The third-order valence-corrected chi connectivity index (χ3v) is 5.88. The van der Waals surface area contributed by atoms with Gasteiger partial charge in [0.05, 0.1) is 25.4 Å². The zero-order valence-corrected chi connectivity index (χ0v) is 18.1. The Balaban J connectivity index is 1.36. The molecule has 3 heterocycles. The van der Waals surface area contributed by atoms with E-state index in [4.69, 9.17) is 28.4 Å². The maximum absolute atomic E-state index is 6.29. The summed E-state index contributed by atoms with van der Waals surface area (Å²) < 4.78 is 36.7. The summed E-state index contributed by atoms with van der Waals surface area (Å²) in [6, 6.07) is 10.3. The number of benzene rings is 1. The minimum atomic E-state index is -0.679. The van der Waals surface area contributed by atoms with E-state index >= 15 is 0 Å². The Kier molecular flexibility index (Phi) is 6.04. The van der Waals surface area contributed by atoms with Crippen LogP contribution in [-0.2, 0) is 35.0 Å². The Morgan fingerprint density at radius 2 is 1.69 bits per heavy atom. The molecule has 1 aromatic rings. The van der Waals surface area contributed by atoms with E-state index in [0.29, 0.717) is 13.2 Å². The largest absolute Gasteiger partial charge is 0.374 e. The molecular formula is C23H34O6. The lowest BCUT2D eigenvalue weighted by atomic mass is 9.92. The van der Waals surface area contributed by atoms with Gasteiger partial charge in [-0.25, -0.2) is 0 Å². The third-order valence-electron chi connectivity index (χ3n) is 5.88. The van der Waals surface area contributed by atoms with Gasteiger partial charge >= 0.3 is 0 Å². The molecule has 0 radical (unpaired) electrons. The standard InChI is InChI=1S/C23H34O6/c1-15(24-13-16-9-7-6-8-10-16)11-12-17-14-25-22(2,3)27-19-18(17)26-21-20(19)28-23(4,5)29-21/h6-10,15,17-21H,11-14H2,1-5H3/t15?,17-,18+,19+,20+,21+/m0/s1. The molecule has 162 valence electrons. The van der Waals surface area contributed by atoms with Gasteiger partial charge in [-0.2, -0.15) is 0 Å². The van der Waals surface area contributed by atoms with Crippen molar-refractivity contribution in [3.8, 4) is 0 Å². The van der Waals surface area contributed by atoms with E-state index in [9.17, 15) is 0 Å². The van der Waals surface area contributed by atoms with E-state index in [0.717, 1.165) is 12.8 Å². The lowest BCUT2D eigenvalue weighted by molar-refractivity contribution is -0.253. The average molecular weight is 407 g/mol. The zero-order valence-electron chi connectivity index (χ0n) is 18.1. The molecule has 3 saturated heterocycles. The molecule has 6 atom stereocenters. The van der Waals surface area contributed by atoms with E-state index in [1.54, 1.807) is 0 Å². The van der Waals surface area contributed by atoms with Crippen molar-refractivity contribution in [2.75, 3.05) is 6.61 Å². The van der Waals surface area contributed by atoms with Crippen LogP contribution in [0.5, 0.6) is 0 Å². The minimum absolute atomic E-state index is 0.107. The van der Waals surface area contributed by atoms with Crippen molar-refractivity contribution in [3.63, 3.8) is 0 Å². The molecule has 0 N–H and O–H groups in total. The first-order valence-electron chi connectivity index (χ1n) is 10.7. The topological polar surface area (TPSA) is 55.4 Å². The Morgan fingerprint density at radius 1 is 0.966 bits per heavy atom. The summed E-state index contributed by atoms with van der Waals surface area (Å²) in [6.45, 7) is 11.1. The molecule has 0 spiro atoms. The second kappa shape index (κ2) is 8.25. The number of fused-ring (bicyclic) bond motifs is 3. The first-order valence-corrected chi connectivity index (χ1v) is 10.7. The highest BCUT2D eigenvalue weighted by molar-refractivity contribution is 5.13. The van der Waals surface area contributed by atoms with E-state index in [2.05, 4.69) is 19.1 Å². The van der Waals surface area contributed by atoms with Crippen LogP contribution in [0.15, 0.2) is 30.3 Å². The number of hydrogen-bond donors (Lipinski definition) is 0. The molecule has 0 aliphatic carbocycles. The molecule has 4 rings (SSSR count). The molecule has 0 aromatic heterocycles. The van der Waals surface area contributed by atoms with Crippen molar-refractivity contribution in [1.82, 2.24) is 0 Å². The second-order valence-corrected chi connectivity index (χ2v) is 9.31. The summed E-state index contributed by atoms with van der Waals surface area (Å²) in [5.74, 6) is -1.14. The van der Waals surface area contributed by atoms with Crippen LogP contribution < -0.4 is 0 Å². The molecule has 0 bridgehead atoms. The maximum Gasteiger partial charge on any atom is 0.190 e. The lowest BCUT2D eigenvalue weighted by Crippen LogP contribution is -2.42. The number of ether oxygens (including phenoxy) is 6. The van der Waals surface area contributed by atoms with Crippen molar-refractivity contribution in [2.45, 2.75) is 96.3 Å². The molecule has 0 amide bonds. The second-order valence-electron chi connectivity index (χ2n) is 9.31. The summed E-state index contributed by atoms with van der Waals surface area (Å²) in [5.41, 5.74) is 1.19. The van der Waals surface area contributed by atoms with Gasteiger partial charge in [-0.3, -0.25) is 0 Å². The van der Waals surface area contributed by atoms with Gasteiger partial charge in [-0.1, -0.05) is 30.3 Å². The lowest BCUT2D eigenvalue weighted by Gasteiger charge is -2.30. The fourth-order valence-corrected chi connectivity index (χ4v) is 4.37.